The number of aliphatic hydroxyl groups excluding tert-OH is 1. The molecule has 1 saturated heterocycles. The number of alkyl halides is 3. The van der Waals surface area contributed by atoms with Crippen molar-refractivity contribution in [2.75, 3.05) is 49.2 Å². The van der Waals surface area contributed by atoms with Crippen molar-refractivity contribution >= 4 is 17.2 Å². The Hall–Kier alpha value is -3.08. The van der Waals surface area contributed by atoms with Crippen molar-refractivity contribution < 1.29 is 23.0 Å². The van der Waals surface area contributed by atoms with Gasteiger partial charge in [-0.2, -0.15) is 17.7 Å². The lowest BCUT2D eigenvalue weighted by atomic mass is 10.2. The summed E-state index contributed by atoms with van der Waals surface area (Å²) in [5, 5.41) is 19.6. The van der Waals surface area contributed by atoms with Crippen LogP contribution < -0.4 is 14.5 Å². The number of nitrogens with zero attached hydrogens (tertiary/aromatic N) is 6. The van der Waals surface area contributed by atoms with Crippen molar-refractivity contribution in [3.63, 3.8) is 0 Å². The van der Waals surface area contributed by atoms with Crippen LogP contribution in [0.4, 0.5) is 24.7 Å². The molecule has 0 aliphatic carbocycles. The number of piperazine rings is 1. The van der Waals surface area contributed by atoms with Gasteiger partial charge in [-0.25, -0.2) is 0 Å². The molecule has 0 spiro atoms. The highest BCUT2D eigenvalue weighted by atomic mass is 19.4. The number of fused-ring (bicyclic) bond motifs is 1. The second-order valence-electron chi connectivity index (χ2n) is 6.52. The number of hydrogen-bond acceptors (Lipinski definition) is 7. The highest BCUT2D eigenvalue weighted by Crippen LogP contribution is 2.28. The number of hydrogen-bond donors (Lipinski definition) is 1. The SMILES string of the molecule is OCCOc1ccc(N2CCN(c3ccc4nnc(C(F)(F)F)n4n3)CC2)cc1. The molecular formula is C18H19F3N6O2. The molecule has 2 aromatic heterocycles. The lowest BCUT2D eigenvalue weighted by molar-refractivity contribution is -0.146. The Bertz CT molecular complexity index is 968. The third-order valence-corrected chi connectivity index (χ3v) is 4.67. The molecule has 0 bridgehead atoms. The molecule has 0 atom stereocenters. The predicted molar refractivity (Wildman–Crippen MR) is 99.2 cm³/mol. The maximum absolute atomic E-state index is 13.1. The van der Waals surface area contributed by atoms with E-state index in [-0.39, 0.29) is 18.9 Å². The van der Waals surface area contributed by atoms with Crippen LogP contribution in [0.15, 0.2) is 36.4 Å². The molecule has 0 unspecified atom stereocenters. The first-order valence-corrected chi connectivity index (χ1v) is 9.09. The summed E-state index contributed by atoms with van der Waals surface area (Å²) >= 11 is 0. The van der Waals surface area contributed by atoms with Crippen molar-refractivity contribution in [2.45, 2.75) is 6.18 Å². The zero-order chi connectivity index (χ0) is 20.4. The maximum Gasteiger partial charge on any atom is 0.453 e. The van der Waals surface area contributed by atoms with Gasteiger partial charge in [0.2, 0.25) is 0 Å². The second-order valence-corrected chi connectivity index (χ2v) is 6.52. The highest BCUT2D eigenvalue weighted by Gasteiger charge is 2.37. The molecule has 1 aliphatic rings. The number of ether oxygens (including phenoxy) is 1. The molecule has 1 aliphatic heterocycles. The van der Waals surface area contributed by atoms with Gasteiger partial charge in [-0.1, -0.05) is 0 Å². The summed E-state index contributed by atoms with van der Waals surface area (Å²) in [6, 6.07) is 10.7. The molecule has 29 heavy (non-hydrogen) atoms. The van der Waals surface area contributed by atoms with Crippen LogP contribution in [0.25, 0.3) is 5.65 Å². The van der Waals surface area contributed by atoms with E-state index < -0.39 is 12.0 Å². The van der Waals surface area contributed by atoms with Crippen LogP contribution in [0.2, 0.25) is 0 Å². The summed E-state index contributed by atoms with van der Waals surface area (Å²) in [5.41, 5.74) is 1.09. The number of aliphatic hydroxyl groups is 1. The number of benzene rings is 1. The van der Waals surface area contributed by atoms with Crippen LogP contribution in [0.1, 0.15) is 5.82 Å². The van der Waals surface area contributed by atoms with Crippen molar-refractivity contribution in [1.29, 1.82) is 0 Å². The first-order valence-electron chi connectivity index (χ1n) is 9.09. The highest BCUT2D eigenvalue weighted by molar-refractivity contribution is 5.52. The Morgan fingerprint density at radius 3 is 2.28 bits per heavy atom. The van der Waals surface area contributed by atoms with Crippen LogP contribution in [-0.4, -0.2) is 64.3 Å². The average molecular weight is 408 g/mol. The van der Waals surface area contributed by atoms with E-state index in [4.69, 9.17) is 9.84 Å². The van der Waals surface area contributed by atoms with Crippen molar-refractivity contribution in [3.05, 3.63) is 42.2 Å². The number of halogens is 3. The summed E-state index contributed by atoms with van der Waals surface area (Å²) < 4.78 is 45.3. The fourth-order valence-corrected chi connectivity index (χ4v) is 3.24. The summed E-state index contributed by atoms with van der Waals surface area (Å²) in [5.74, 6) is 0.0139. The van der Waals surface area contributed by atoms with Gasteiger partial charge in [-0.05, 0) is 36.4 Å². The fourth-order valence-electron chi connectivity index (χ4n) is 3.24. The van der Waals surface area contributed by atoms with Gasteiger partial charge >= 0.3 is 6.18 Å². The van der Waals surface area contributed by atoms with E-state index in [9.17, 15) is 13.2 Å². The van der Waals surface area contributed by atoms with Crippen LogP contribution in [0.5, 0.6) is 5.75 Å². The number of rotatable bonds is 5. The number of aromatic nitrogens is 4. The third-order valence-electron chi connectivity index (χ3n) is 4.67. The fraction of sp³-hybridized carbons (Fsp3) is 0.389. The van der Waals surface area contributed by atoms with E-state index in [1.54, 1.807) is 6.07 Å². The van der Waals surface area contributed by atoms with Gasteiger partial charge in [0.05, 0.1) is 6.61 Å². The zero-order valence-electron chi connectivity index (χ0n) is 15.4. The lowest BCUT2D eigenvalue weighted by Gasteiger charge is -2.36. The van der Waals surface area contributed by atoms with Crippen LogP contribution in [0.3, 0.4) is 0 Å². The first-order chi connectivity index (χ1) is 14.0. The smallest absolute Gasteiger partial charge is 0.453 e. The predicted octanol–water partition coefficient (Wildman–Crippen LogP) is 1.84. The van der Waals surface area contributed by atoms with E-state index >= 15 is 0 Å². The van der Waals surface area contributed by atoms with Crippen LogP contribution in [-0.2, 0) is 6.18 Å². The quantitative estimate of drug-likeness (QED) is 0.690. The van der Waals surface area contributed by atoms with Gasteiger partial charge in [0.1, 0.15) is 18.2 Å². The van der Waals surface area contributed by atoms with Gasteiger partial charge in [0.25, 0.3) is 5.82 Å². The molecule has 1 aromatic carbocycles. The van der Waals surface area contributed by atoms with E-state index in [0.29, 0.717) is 37.7 Å². The zero-order valence-corrected chi connectivity index (χ0v) is 15.4. The molecule has 4 rings (SSSR count). The van der Waals surface area contributed by atoms with Crippen molar-refractivity contribution in [1.82, 2.24) is 19.8 Å². The summed E-state index contributed by atoms with van der Waals surface area (Å²) in [6.45, 7) is 2.84. The molecule has 154 valence electrons. The Labute approximate surface area is 164 Å². The minimum absolute atomic E-state index is 0.0386. The number of anilines is 2. The van der Waals surface area contributed by atoms with Gasteiger partial charge < -0.3 is 19.6 Å². The van der Waals surface area contributed by atoms with Crippen molar-refractivity contribution in [3.8, 4) is 5.75 Å². The summed E-state index contributed by atoms with van der Waals surface area (Å²) in [7, 11) is 0. The van der Waals surface area contributed by atoms with E-state index in [1.807, 2.05) is 29.2 Å². The molecule has 8 nitrogen and oxygen atoms in total. The molecule has 3 aromatic rings. The monoisotopic (exact) mass is 408 g/mol. The van der Waals surface area contributed by atoms with Gasteiger partial charge in [0.15, 0.2) is 5.65 Å². The average Bonchev–Trinajstić information content (AvgIpc) is 3.16. The lowest BCUT2D eigenvalue weighted by Crippen LogP contribution is -2.47. The van der Waals surface area contributed by atoms with Crippen LogP contribution in [0, 0.1) is 0 Å². The minimum Gasteiger partial charge on any atom is -0.491 e. The third kappa shape index (κ3) is 4.04. The summed E-state index contributed by atoms with van der Waals surface area (Å²) in [6.07, 6.45) is -4.61. The molecule has 3 heterocycles. The molecular weight excluding hydrogens is 389 g/mol. The van der Waals surface area contributed by atoms with E-state index in [1.165, 1.54) is 6.07 Å². The molecule has 0 radical (unpaired) electrons. The van der Waals surface area contributed by atoms with Crippen LogP contribution >= 0.6 is 0 Å². The van der Waals surface area contributed by atoms with E-state index in [2.05, 4.69) is 20.2 Å². The Kier molecular flexibility index (Phi) is 5.14. The Morgan fingerprint density at radius 2 is 1.62 bits per heavy atom. The Balaban J connectivity index is 1.44. The van der Waals surface area contributed by atoms with E-state index in [0.717, 1.165) is 10.2 Å². The first kappa shape index (κ1) is 19.2. The second kappa shape index (κ2) is 7.74. The summed E-state index contributed by atoms with van der Waals surface area (Å²) in [4.78, 5) is 4.12. The van der Waals surface area contributed by atoms with Gasteiger partial charge in [0, 0.05) is 31.9 Å². The minimum atomic E-state index is -4.61. The van der Waals surface area contributed by atoms with Gasteiger partial charge in [-0.3, -0.25) is 0 Å². The molecule has 11 heteroatoms. The molecule has 0 saturated carbocycles. The normalized spacial score (nSPS) is 15.2. The maximum atomic E-state index is 13.1. The van der Waals surface area contributed by atoms with Gasteiger partial charge in [-0.15, -0.1) is 15.3 Å². The molecule has 0 amide bonds. The molecule has 1 N–H and O–H groups in total. The Morgan fingerprint density at radius 1 is 0.931 bits per heavy atom. The topological polar surface area (TPSA) is 79.0 Å². The largest absolute Gasteiger partial charge is 0.491 e. The van der Waals surface area contributed by atoms with Crippen molar-refractivity contribution in [2.24, 2.45) is 0 Å². The standard InChI is InChI=1S/C18H19F3N6O2/c19-18(20,21)17-23-22-15-5-6-16(24-27(15)17)26-9-7-25(8-10-26)13-1-3-14(4-2-13)29-12-11-28/h1-6,28H,7-12H2. The molecule has 1 fully saturated rings.